The molecule has 1 aliphatic rings. The van der Waals surface area contributed by atoms with E-state index in [-0.39, 0.29) is 12.7 Å². The van der Waals surface area contributed by atoms with Gasteiger partial charge in [0.15, 0.2) is 0 Å². The smallest absolute Gasteiger partial charge is 0.382 e. The molecule has 1 fully saturated rings. The summed E-state index contributed by atoms with van der Waals surface area (Å²) < 4.78 is 28.1. The molecule has 3 atom stereocenters. The third-order valence-electron chi connectivity index (χ3n) is 7.56. The minimum Gasteiger partial charge on any atom is -0.382 e. The summed E-state index contributed by atoms with van der Waals surface area (Å²) in [5.41, 5.74) is -1.18. The van der Waals surface area contributed by atoms with Crippen LogP contribution in [-0.2, 0) is 18.0 Å². The van der Waals surface area contributed by atoms with Gasteiger partial charge in [-0.3, -0.25) is 4.52 Å². The molecule has 1 saturated carbocycles. The van der Waals surface area contributed by atoms with Crippen molar-refractivity contribution in [3.8, 4) is 0 Å². The SMILES string of the molecule is CCCCCCCCCCOC(C)COP(=O)(O)C(=O)OSCCC(CCCCC)C1CCCCCC1. The quantitative estimate of drug-likeness (QED) is 0.0572. The normalized spacial score (nSPS) is 18.2. The fourth-order valence-electron chi connectivity index (χ4n) is 5.22. The Hall–Kier alpha value is -0.0700. The number of carbonyl (C=O) groups excluding carboxylic acids is 1. The lowest BCUT2D eigenvalue weighted by Crippen LogP contribution is -2.17. The third-order valence-corrected chi connectivity index (χ3v) is 9.41. The predicted octanol–water partition coefficient (Wildman–Crippen LogP) is 10.1. The average Bonchev–Trinajstić information content (AvgIpc) is 3.17. The van der Waals surface area contributed by atoms with Gasteiger partial charge in [0, 0.05) is 12.4 Å². The van der Waals surface area contributed by atoms with Crippen molar-refractivity contribution >= 4 is 25.3 Å². The number of unbranched alkanes of at least 4 members (excludes halogenated alkanes) is 9. The molecule has 220 valence electrons. The summed E-state index contributed by atoms with van der Waals surface area (Å²) in [4.78, 5) is 22.2. The highest BCUT2D eigenvalue weighted by molar-refractivity contribution is 7.95. The van der Waals surface area contributed by atoms with Gasteiger partial charge in [0.25, 0.3) is 0 Å². The van der Waals surface area contributed by atoms with Gasteiger partial charge < -0.3 is 13.8 Å². The van der Waals surface area contributed by atoms with Gasteiger partial charge in [0.2, 0.25) is 0 Å². The second-order valence-corrected chi connectivity index (χ2v) is 13.4. The minimum atomic E-state index is -4.48. The van der Waals surface area contributed by atoms with Crippen molar-refractivity contribution in [2.75, 3.05) is 19.0 Å². The highest BCUT2D eigenvalue weighted by Crippen LogP contribution is 2.45. The first-order chi connectivity index (χ1) is 17.9. The summed E-state index contributed by atoms with van der Waals surface area (Å²) >= 11 is 0.994. The van der Waals surface area contributed by atoms with Crippen LogP contribution in [0.5, 0.6) is 0 Å². The summed E-state index contributed by atoms with van der Waals surface area (Å²) in [5, 5.41) is 0. The van der Waals surface area contributed by atoms with E-state index in [1.165, 1.54) is 103 Å². The zero-order valence-corrected chi connectivity index (χ0v) is 25.8. The van der Waals surface area contributed by atoms with Crippen LogP contribution in [0.15, 0.2) is 0 Å². The number of rotatable bonds is 23. The molecule has 0 heterocycles. The van der Waals surface area contributed by atoms with Crippen molar-refractivity contribution < 1.29 is 27.7 Å². The molecule has 0 amide bonds. The molecule has 0 aromatic carbocycles. The molecule has 0 radical (unpaired) electrons. The topological polar surface area (TPSA) is 82.1 Å². The fraction of sp³-hybridized carbons (Fsp3) is 0.966. The van der Waals surface area contributed by atoms with Crippen molar-refractivity contribution in [2.24, 2.45) is 11.8 Å². The minimum absolute atomic E-state index is 0.105. The van der Waals surface area contributed by atoms with Crippen molar-refractivity contribution in [1.82, 2.24) is 0 Å². The van der Waals surface area contributed by atoms with Crippen LogP contribution < -0.4 is 0 Å². The molecule has 0 aliphatic heterocycles. The molecule has 1 aliphatic carbocycles. The summed E-state index contributed by atoms with van der Waals surface area (Å²) in [6, 6.07) is 0. The largest absolute Gasteiger partial charge is 0.437 e. The second kappa shape index (κ2) is 22.7. The summed E-state index contributed by atoms with van der Waals surface area (Å²) in [5.74, 6) is 2.05. The van der Waals surface area contributed by atoms with E-state index in [2.05, 4.69) is 13.8 Å². The Balaban J connectivity index is 2.22. The van der Waals surface area contributed by atoms with E-state index < -0.39 is 13.3 Å². The number of carbonyl (C=O) groups is 1. The molecule has 0 spiro atoms. The zero-order valence-electron chi connectivity index (χ0n) is 24.1. The Kier molecular flexibility index (Phi) is 21.5. The molecule has 1 rings (SSSR count). The van der Waals surface area contributed by atoms with Crippen LogP contribution in [-0.4, -0.2) is 35.7 Å². The van der Waals surface area contributed by atoms with Crippen LogP contribution in [0.3, 0.4) is 0 Å². The van der Waals surface area contributed by atoms with Crippen LogP contribution in [0, 0.1) is 11.8 Å². The first-order valence-corrected chi connectivity index (χ1v) is 17.8. The van der Waals surface area contributed by atoms with E-state index in [1.807, 2.05) is 0 Å². The van der Waals surface area contributed by atoms with E-state index in [9.17, 15) is 14.3 Å². The van der Waals surface area contributed by atoms with Gasteiger partial charge in [0.1, 0.15) is 0 Å². The molecule has 0 saturated heterocycles. The van der Waals surface area contributed by atoms with Gasteiger partial charge >= 0.3 is 13.3 Å². The lowest BCUT2D eigenvalue weighted by Gasteiger charge is -2.26. The van der Waals surface area contributed by atoms with Gasteiger partial charge in [0.05, 0.1) is 24.8 Å². The van der Waals surface area contributed by atoms with Crippen LogP contribution in [0.1, 0.15) is 143 Å². The Morgan fingerprint density at radius 2 is 1.49 bits per heavy atom. The van der Waals surface area contributed by atoms with E-state index in [4.69, 9.17) is 13.4 Å². The molecular weight excluding hydrogens is 507 g/mol. The standard InChI is InChI=1S/C29H57O6PS/c1-4-6-8-9-10-11-14-18-23-33-26(3)25-34-36(31,32)29(30)35-37-24-22-28(19-15-7-5-2)27-20-16-12-13-17-21-27/h26-28H,4-25H2,1-3H3,(H,31,32). The second-order valence-electron chi connectivity index (χ2n) is 10.9. The maximum absolute atomic E-state index is 12.3. The molecule has 1 N–H and O–H groups in total. The first-order valence-electron chi connectivity index (χ1n) is 15.3. The Bertz CT molecular complexity index is 597. The first kappa shape index (κ1) is 35.0. The van der Waals surface area contributed by atoms with Crippen LogP contribution in [0.2, 0.25) is 0 Å². The van der Waals surface area contributed by atoms with Gasteiger partial charge in [-0.15, -0.1) is 0 Å². The molecule has 3 unspecified atom stereocenters. The Labute approximate surface area is 232 Å². The fourth-order valence-corrected chi connectivity index (χ4v) is 6.86. The van der Waals surface area contributed by atoms with E-state index in [0.29, 0.717) is 18.3 Å². The lowest BCUT2D eigenvalue weighted by atomic mass is 9.81. The number of hydrogen-bond donors (Lipinski definition) is 1. The van der Waals surface area contributed by atoms with Crippen molar-refractivity contribution in [3.05, 3.63) is 0 Å². The summed E-state index contributed by atoms with van der Waals surface area (Å²) in [6.45, 7) is 6.73. The molecule has 37 heavy (non-hydrogen) atoms. The summed E-state index contributed by atoms with van der Waals surface area (Å²) in [6.07, 6.45) is 23.3. The maximum atomic E-state index is 12.3. The maximum Gasteiger partial charge on any atom is 0.437 e. The van der Waals surface area contributed by atoms with Gasteiger partial charge in [-0.25, -0.2) is 9.36 Å². The van der Waals surface area contributed by atoms with E-state index in [0.717, 1.165) is 37.2 Å². The van der Waals surface area contributed by atoms with Gasteiger partial charge in [-0.1, -0.05) is 123 Å². The van der Waals surface area contributed by atoms with Gasteiger partial charge in [-0.05, 0) is 31.6 Å². The molecule has 6 nitrogen and oxygen atoms in total. The summed E-state index contributed by atoms with van der Waals surface area (Å²) in [7, 11) is -4.48. The number of ether oxygens (including phenoxy) is 1. The lowest BCUT2D eigenvalue weighted by molar-refractivity contribution is 0.0275. The average molecular weight is 565 g/mol. The molecule has 0 aromatic rings. The third kappa shape index (κ3) is 18.0. The van der Waals surface area contributed by atoms with Gasteiger partial charge in [-0.2, -0.15) is 0 Å². The predicted molar refractivity (Wildman–Crippen MR) is 156 cm³/mol. The number of hydrogen-bond acceptors (Lipinski definition) is 6. The molecule has 0 bridgehead atoms. The molecule has 8 heteroatoms. The molecule has 0 aromatic heterocycles. The van der Waals surface area contributed by atoms with Crippen LogP contribution in [0.25, 0.3) is 0 Å². The van der Waals surface area contributed by atoms with Crippen molar-refractivity contribution in [3.63, 3.8) is 0 Å². The monoisotopic (exact) mass is 564 g/mol. The molecular formula is C29H57O6PS. The highest BCUT2D eigenvalue weighted by atomic mass is 32.2. The van der Waals surface area contributed by atoms with E-state index in [1.54, 1.807) is 6.92 Å². The van der Waals surface area contributed by atoms with Crippen LogP contribution in [0.4, 0.5) is 4.79 Å². The van der Waals surface area contributed by atoms with E-state index >= 15 is 0 Å². The van der Waals surface area contributed by atoms with Crippen molar-refractivity contribution in [1.29, 1.82) is 0 Å². The Morgan fingerprint density at radius 1 is 0.892 bits per heavy atom. The van der Waals surface area contributed by atoms with Crippen LogP contribution >= 0.6 is 19.6 Å². The Morgan fingerprint density at radius 3 is 2.14 bits per heavy atom. The highest BCUT2D eigenvalue weighted by Gasteiger charge is 2.34. The van der Waals surface area contributed by atoms with Crippen molar-refractivity contribution in [2.45, 2.75) is 149 Å². The zero-order chi connectivity index (χ0) is 27.2.